The molecular weight excluding hydrogens is 811 g/mol. The van der Waals surface area contributed by atoms with Gasteiger partial charge in [0, 0.05) is 25.1 Å². The first-order chi connectivity index (χ1) is 29.5. The van der Waals surface area contributed by atoms with E-state index in [-0.39, 0.29) is 25.4 Å². The summed E-state index contributed by atoms with van der Waals surface area (Å²) in [6.07, 6.45) is -0.530. The second-order valence-electron chi connectivity index (χ2n) is 15.3. The number of aliphatic carboxylic acids is 1. The number of rotatable bonds is 12. The molecule has 0 aromatic heterocycles. The molecule has 3 atom stereocenters. The predicted octanol–water partition coefficient (Wildman–Crippen LogP) is 9.23. The first-order valence-electron chi connectivity index (χ1n) is 19.7. The number of aryl methyl sites for hydroxylation is 1. The minimum absolute atomic E-state index is 0.0857. The van der Waals surface area contributed by atoms with Crippen LogP contribution in [0.25, 0.3) is 11.1 Å². The molecule has 306 valence electrons. The quantitative estimate of drug-likeness (QED) is 0.111. The smallest absolute Gasteiger partial charge is 0.326 e. The first kappa shape index (κ1) is 41.1. The van der Waals surface area contributed by atoms with Gasteiger partial charge < -0.3 is 25.2 Å². The van der Waals surface area contributed by atoms with E-state index in [2.05, 4.69) is 21.6 Å². The number of ether oxygens (including phenoxy) is 2. The number of carboxylic acids is 1. The number of nitrogens with zero attached hydrogens (tertiary/aromatic N) is 2. The van der Waals surface area contributed by atoms with Gasteiger partial charge in [-0.15, -0.1) is 0 Å². The van der Waals surface area contributed by atoms with Gasteiger partial charge in [0.25, 0.3) is 5.91 Å². The Morgan fingerprint density at radius 2 is 1.61 bits per heavy atom. The van der Waals surface area contributed by atoms with Gasteiger partial charge in [0.15, 0.2) is 0 Å². The predicted molar refractivity (Wildman–Crippen MR) is 233 cm³/mol. The summed E-state index contributed by atoms with van der Waals surface area (Å²) in [5.41, 5.74) is 9.11. The number of benzene rings is 6. The third kappa shape index (κ3) is 9.40. The van der Waals surface area contributed by atoms with Crippen LogP contribution in [0, 0.1) is 18.3 Å². The van der Waals surface area contributed by atoms with Gasteiger partial charge in [-0.05, 0) is 106 Å². The van der Waals surface area contributed by atoms with Crippen molar-refractivity contribution in [3.8, 4) is 28.7 Å². The Morgan fingerprint density at radius 3 is 2.30 bits per heavy atom. The van der Waals surface area contributed by atoms with Crippen molar-refractivity contribution in [1.29, 1.82) is 5.26 Å². The van der Waals surface area contributed by atoms with Gasteiger partial charge in [-0.2, -0.15) is 5.26 Å². The maximum Gasteiger partial charge on any atom is 0.326 e. The molecule has 2 aliphatic heterocycles. The van der Waals surface area contributed by atoms with Crippen LogP contribution in [0.15, 0.2) is 127 Å². The summed E-state index contributed by atoms with van der Waals surface area (Å²) in [6, 6.07) is 39.2. The number of fused-ring (bicyclic) bond motifs is 2. The van der Waals surface area contributed by atoms with Crippen molar-refractivity contribution in [2.45, 2.75) is 57.6 Å². The Morgan fingerprint density at radius 1 is 0.902 bits per heavy atom. The molecule has 3 unspecified atom stereocenters. The van der Waals surface area contributed by atoms with Crippen LogP contribution in [-0.2, 0) is 46.9 Å². The molecule has 0 spiro atoms. The van der Waals surface area contributed by atoms with Crippen molar-refractivity contribution < 1.29 is 29.0 Å². The number of anilines is 1. The van der Waals surface area contributed by atoms with Crippen LogP contribution in [0.4, 0.5) is 5.69 Å². The molecule has 0 saturated heterocycles. The van der Waals surface area contributed by atoms with E-state index in [1.54, 1.807) is 48.5 Å². The van der Waals surface area contributed by atoms with E-state index in [0.29, 0.717) is 51.4 Å². The molecule has 3 N–H and O–H groups in total. The molecule has 0 bridgehead atoms. The van der Waals surface area contributed by atoms with Gasteiger partial charge in [0.05, 0.1) is 33.4 Å². The average molecular weight is 852 g/mol. The molecule has 8 rings (SSSR count). The molecule has 2 amide bonds. The lowest BCUT2D eigenvalue weighted by Crippen LogP contribution is -2.54. The highest BCUT2D eigenvalue weighted by Gasteiger charge is 2.37. The van der Waals surface area contributed by atoms with Crippen molar-refractivity contribution in [1.82, 2.24) is 10.2 Å². The monoisotopic (exact) mass is 850 g/mol. The molecule has 0 fully saturated rings. The molecule has 0 saturated carbocycles. The zero-order valence-electron chi connectivity index (χ0n) is 33.0. The number of nitriles is 1. The highest BCUT2D eigenvalue weighted by Crippen LogP contribution is 2.40. The van der Waals surface area contributed by atoms with Crippen molar-refractivity contribution in [2.24, 2.45) is 0 Å². The normalized spacial score (nSPS) is 16.2. The largest absolute Gasteiger partial charge is 0.489 e. The molecular formula is C49H40Cl2N4O6. The van der Waals surface area contributed by atoms with Gasteiger partial charge >= 0.3 is 5.97 Å². The Bertz CT molecular complexity index is 2660. The van der Waals surface area contributed by atoms with E-state index >= 15 is 0 Å². The number of amides is 2. The first-order valence-corrected chi connectivity index (χ1v) is 20.5. The lowest BCUT2D eigenvalue weighted by molar-refractivity contribution is -0.142. The Labute approximate surface area is 363 Å². The summed E-state index contributed by atoms with van der Waals surface area (Å²) in [4.78, 5) is 42.4. The van der Waals surface area contributed by atoms with E-state index in [0.717, 1.165) is 44.5 Å². The fourth-order valence-corrected chi connectivity index (χ4v) is 8.02. The summed E-state index contributed by atoms with van der Waals surface area (Å²) >= 11 is 12.2. The number of carboxylic acid groups (broad SMARTS) is 1. The van der Waals surface area contributed by atoms with Crippen molar-refractivity contribution >= 4 is 46.7 Å². The Balaban J connectivity index is 0.984. The van der Waals surface area contributed by atoms with E-state index in [9.17, 15) is 19.5 Å². The van der Waals surface area contributed by atoms with Gasteiger partial charge in [-0.3, -0.25) is 14.5 Å². The highest BCUT2D eigenvalue weighted by atomic mass is 35.5. The summed E-state index contributed by atoms with van der Waals surface area (Å²) in [6.45, 7) is 3.15. The van der Waals surface area contributed by atoms with Gasteiger partial charge in [-0.1, -0.05) is 102 Å². The minimum Gasteiger partial charge on any atom is -0.489 e. The summed E-state index contributed by atoms with van der Waals surface area (Å²) in [5, 5.41) is 26.2. The Kier molecular flexibility index (Phi) is 12.1. The van der Waals surface area contributed by atoms with Crippen LogP contribution in [0.1, 0.15) is 50.6 Å². The van der Waals surface area contributed by atoms with Gasteiger partial charge in [0.2, 0.25) is 12.0 Å². The summed E-state index contributed by atoms with van der Waals surface area (Å²) in [5.74, 6) is -0.753. The molecule has 10 nitrogen and oxygen atoms in total. The average Bonchev–Trinajstić information content (AvgIpc) is 3.26. The number of nitrogens with one attached hydrogen (secondary N) is 2. The topological polar surface area (TPSA) is 141 Å². The SMILES string of the molecule is Cc1ccccc1CN1Cc2cc3c(cc2CC1C(=O)NC(Cc1ccc(-c2ccc(C#N)cc2)cc1)C(=O)O)NC(=O)C(c1ccc(OCc2ccc(Cl)c(Cl)c2)cc1)O3. The summed E-state index contributed by atoms with van der Waals surface area (Å²) < 4.78 is 12.3. The van der Waals surface area contributed by atoms with Crippen molar-refractivity contribution in [2.75, 3.05) is 5.32 Å². The van der Waals surface area contributed by atoms with Crippen molar-refractivity contribution in [3.05, 3.63) is 182 Å². The third-order valence-electron chi connectivity index (χ3n) is 11.1. The van der Waals surface area contributed by atoms with E-state index in [1.807, 2.05) is 85.8 Å². The van der Waals surface area contributed by atoms with Crippen molar-refractivity contribution in [3.63, 3.8) is 0 Å². The second kappa shape index (κ2) is 17.9. The molecule has 6 aromatic rings. The minimum atomic E-state index is -1.17. The van der Waals surface area contributed by atoms with Gasteiger partial charge in [0.1, 0.15) is 24.1 Å². The van der Waals surface area contributed by atoms with Gasteiger partial charge in [-0.25, -0.2) is 4.79 Å². The number of carbonyl (C=O) groups is 3. The van der Waals surface area contributed by atoms with Crippen LogP contribution in [0.2, 0.25) is 10.0 Å². The zero-order chi connectivity index (χ0) is 42.6. The van der Waals surface area contributed by atoms with Crippen LogP contribution < -0.4 is 20.1 Å². The highest BCUT2D eigenvalue weighted by molar-refractivity contribution is 6.42. The molecule has 0 radical (unpaired) electrons. The third-order valence-corrected chi connectivity index (χ3v) is 11.9. The second-order valence-corrected chi connectivity index (χ2v) is 16.1. The molecule has 12 heteroatoms. The maximum atomic E-state index is 14.2. The van der Waals surface area contributed by atoms with E-state index < -0.39 is 30.1 Å². The number of halogens is 2. The standard InChI is InChI=1S/C49H40Cl2N4O6/c1-29-4-2-3-5-36(29)26-55-27-38-24-45-42(53-48(57)46(61-45)35-15-17-39(18-16-35)60-28-32-10-19-40(50)41(51)20-32)22-37(38)23-44(55)47(56)54-43(49(58)59)21-30-6-11-33(12-7-30)34-13-8-31(25-52)9-14-34/h2-20,22,24,43-44,46H,21,23,26-28H2,1H3,(H,53,57)(H,54,56)(H,58,59). The van der Waals surface area contributed by atoms with E-state index in [1.165, 1.54) is 0 Å². The maximum absolute atomic E-state index is 14.2. The lowest BCUT2D eigenvalue weighted by Gasteiger charge is -2.38. The Hall–Kier alpha value is -6.64. The number of carbonyl (C=O) groups excluding carboxylic acids is 2. The van der Waals surface area contributed by atoms with Crippen LogP contribution in [0.3, 0.4) is 0 Å². The summed E-state index contributed by atoms with van der Waals surface area (Å²) in [7, 11) is 0. The fraction of sp³-hybridized carbons (Fsp3) is 0.184. The zero-order valence-corrected chi connectivity index (χ0v) is 34.5. The lowest BCUT2D eigenvalue weighted by atomic mass is 9.91. The molecule has 0 aliphatic carbocycles. The molecule has 6 aromatic carbocycles. The fourth-order valence-electron chi connectivity index (χ4n) is 7.70. The van der Waals surface area contributed by atoms with Crippen LogP contribution in [-0.4, -0.2) is 39.9 Å². The van der Waals surface area contributed by atoms with Crippen LogP contribution in [0.5, 0.6) is 11.5 Å². The molecule has 2 aliphatic rings. The van der Waals surface area contributed by atoms with E-state index in [4.69, 9.17) is 37.9 Å². The molecule has 61 heavy (non-hydrogen) atoms. The number of hydrogen-bond acceptors (Lipinski definition) is 7. The van der Waals surface area contributed by atoms with Crippen LogP contribution >= 0.6 is 23.2 Å². The number of hydrogen-bond donors (Lipinski definition) is 3. The molecule has 2 heterocycles.